The smallest absolute Gasteiger partial charge is 0.342 e. The fourth-order valence-corrected chi connectivity index (χ4v) is 1.14. The van der Waals surface area contributed by atoms with Crippen LogP contribution in [0.5, 0.6) is 0 Å². The number of hydrogen-bond acceptors (Lipinski definition) is 2. The third-order valence-electron chi connectivity index (χ3n) is 1.07. The second-order valence-electron chi connectivity index (χ2n) is 1.94. The fourth-order valence-electron chi connectivity index (χ4n) is 0.592. The maximum Gasteiger partial charge on any atom is 0.342 e. The van der Waals surface area contributed by atoms with Gasteiger partial charge in [-0.2, -0.15) is 0 Å². The lowest BCUT2D eigenvalue weighted by atomic mass is 10.4. The van der Waals surface area contributed by atoms with Gasteiger partial charge in [0.15, 0.2) is 4.67 Å². The van der Waals surface area contributed by atoms with Gasteiger partial charge in [-0.1, -0.05) is 0 Å². The van der Waals surface area contributed by atoms with E-state index < -0.39 is 5.97 Å². The highest BCUT2D eigenvalue weighted by Crippen LogP contribution is 2.18. The minimum atomic E-state index is -1.03. The van der Waals surface area contributed by atoms with Gasteiger partial charge in [0.25, 0.3) is 0 Å². The zero-order valence-corrected chi connectivity index (χ0v) is 8.92. The number of rotatable bonds is 2. The Morgan fingerprint density at radius 3 is 2.67 bits per heavy atom. The fraction of sp³-hybridized carbons (Fsp3) is 0. The van der Waals surface area contributed by atoms with Crippen molar-refractivity contribution in [2.24, 2.45) is 0 Å². The summed E-state index contributed by atoms with van der Waals surface area (Å²) < 4.78 is 5.68. The molecule has 0 aliphatic rings. The lowest BCUT2D eigenvalue weighted by molar-refractivity contribution is -0.131. The van der Waals surface area contributed by atoms with Gasteiger partial charge in [0.1, 0.15) is 10.2 Å². The minimum absolute atomic E-state index is 0.0596. The normalized spacial score (nSPS) is 11.7. The summed E-state index contributed by atoms with van der Waals surface area (Å²) in [7, 11) is 0. The molecule has 5 heteroatoms. The lowest BCUT2D eigenvalue weighted by Gasteiger charge is -1.87. The molecule has 0 aliphatic heterocycles. The zero-order chi connectivity index (χ0) is 9.14. The van der Waals surface area contributed by atoms with Crippen molar-refractivity contribution in [1.82, 2.24) is 0 Å². The predicted octanol–water partition coefficient (Wildman–Crippen LogP) is 2.86. The van der Waals surface area contributed by atoms with Crippen LogP contribution in [0.25, 0.3) is 6.08 Å². The van der Waals surface area contributed by atoms with Crippen LogP contribution < -0.4 is 0 Å². The van der Waals surface area contributed by atoms with Gasteiger partial charge in [-0.25, -0.2) is 4.79 Å². The van der Waals surface area contributed by atoms with Crippen molar-refractivity contribution < 1.29 is 14.3 Å². The number of carboxylic acid groups (broad SMARTS) is 1. The Bertz CT molecular complexity index is 327. The second kappa shape index (κ2) is 3.91. The van der Waals surface area contributed by atoms with Gasteiger partial charge in [0.05, 0.1) is 0 Å². The van der Waals surface area contributed by atoms with Gasteiger partial charge < -0.3 is 9.52 Å². The molecule has 12 heavy (non-hydrogen) atoms. The highest BCUT2D eigenvalue weighted by molar-refractivity contribution is 9.12. The number of furan rings is 1. The topological polar surface area (TPSA) is 50.4 Å². The summed E-state index contributed by atoms with van der Waals surface area (Å²) in [4.78, 5) is 10.3. The summed E-state index contributed by atoms with van der Waals surface area (Å²) in [6.07, 6.45) is 1.38. The molecule has 3 nitrogen and oxygen atoms in total. The van der Waals surface area contributed by atoms with Crippen molar-refractivity contribution in [3.63, 3.8) is 0 Å². The van der Waals surface area contributed by atoms with Gasteiger partial charge in [0.2, 0.25) is 0 Å². The van der Waals surface area contributed by atoms with E-state index in [1.165, 1.54) is 6.08 Å². The first-order chi connectivity index (χ1) is 5.59. The first-order valence-corrected chi connectivity index (χ1v) is 4.54. The third kappa shape index (κ3) is 2.49. The van der Waals surface area contributed by atoms with Gasteiger partial charge in [-0.3, -0.25) is 0 Å². The van der Waals surface area contributed by atoms with Crippen molar-refractivity contribution >= 4 is 43.9 Å². The van der Waals surface area contributed by atoms with Gasteiger partial charge in [-0.15, -0.1) is 0 Å². The van der Waals surface area contributed by atoms with Gasteiger partial charge in [0, 0.05) is 6.08 Å². The molecule has 0 fully saturated rings. The van der Waals surface area contributed by atoms with E-state index in [4.69, 9.17) is 9.52 Å². The maximum atomic E-state index is 10.3. The van der Waals surface area contributed by atoms with Crippen LogP contribution in [0.15, 0.2) is 25.7 Å². The molecule has 0 aliphatic carbocycles. The Morgan fingerprint density at radius 2 is 2.25 bits per heavy atom. The molecule has 0 aromatic carbocycles. The zero-order valence-electron chi connectivity index (χ0n) is 5.75. The van der Waals surface area contributed by atoms with E-state index in [0.717, 1.165) is 0 Å². The Morgan fingerprint density at radius 1 is 1.58 bits per heavy atom. The van der Waals surface area contributed by atoms with E-state index in [9.17, 15) is 4.79 Å². The van der Waals surface area contributed by atoms with Crippen LogP contribution in [0.3, 0.4) is 0 Å². The summed E-state index contributed by atoms with van der Waals surface area (Å²) in [6, 6.07) is 3.35. The minimum Gasteiger partial charge on any atom is -0.477 e. The number of hydrogen-bond donors (Lipinski definition) is 1. The quantitative estimate of drug-likeness (QED) is 0.854. The summed E-state index contributed by atoms with van der Waals surface area (Å²) in [6.45, 7) is 0. The van der Waals surface area contributed by atoms with Gasteiger partial charge in [-0.05, 0) is 44.0 Å². The molecule has 0 saturated heterocycles. The van der Waals surface area contributed by atoms with Crippen LogP contribution in [0.1, 0.15) is 5.76 Å². The molecule has 0 saturated carbocycles. The largest absolute Gasteiger partial charge is 0.477 e. The van der Waals surface area contributed by atoms with E-state index in [2.05, 4.69) is 31.9 Å². The summed E-state index contributed by atoms with van der Waals surface area (Å²) in [5, 5.41) is 8.48. The highest BCUT2D eigenvalue weighted by Gasteiger charge is 2.03. The number of halogens is 2. The lowest BCUT2D eigenvalue weighted by Crippen LogP contribution is -1.91. The molecule has 0 spiro atoms. The molecule has 0 amide bonds. The van der Waals surface area contributed by atoms with Crippen LogP contribution >= 0.6 is 31.9 Å². The van der Waals surface area contributed by atoms with Crippen molar-refractivity contribution in [1.29, 1.82) is 0 Å². The number of carboxylic acids is 1. The van der Waals surface area contributed by atoms with Crippen LogP contribution in [0.2, 0.25) is 0 Å². The average Bonchev–Trinajstić information content (AvgIpc) is 2.35. The van der Waals surface area contributed by atoms with E-state index in [1.54, 1.807) is 12.1 Å². The summed E-state index contributed by atoms with van der Waals surface area (Å²) in [5.41, 5.74) is 0. The maximum absolute atomic E-state index is 10.3. The molecule has 1 aromatic heterocycles. The molecular weight excluding hydrogens is 292 g/mol. The predicted molar refractivity (Wildman–Crippen MR) is 50.9 cm³/mol. The molecule has 1 rings (SSSR count). The van der Waals surface area contributed by atoms with Crippen molar-refractivity contribution in [3.05, 3.63) is 27.0 Å². The molecule has 0 bridgehead atoms. The van der Waals surface area contributed by atoms with Gasteiger partial charge >= 0.3 is 5.97 Å². The number of carbonyl (C=O) groups is 1. The van der Waals surface area contributed by atoms with Crippen molar-refractivity contribution in [2.45, 2.75) is 0 Å². The molecule has 0 unspecified atom stereocenters. The van der Waals surface area contributed by atoms with Crippen LogP contribution in [0.4, 0.5) is 0 Å². The van der Waals surface area contributed by atoms with E-state index >= 15 is 0 Å². The molecule has 1 aromatic rings. The third-order valence-corrected chi connectivity index (χ3v) is 2.06. The Labute approximate surface area is 85.3 Å². The first kappa shape index (κ1) is 9.54. The standard InChI is InChI=1S/C7H4Br2O3/c8-5(7(10)11)3-4-1-2-6(9)12-4/h1-3H,(H,10,11)/b5-3+. The van der Waals surface area contributed by atoms with Crippen molar-refractivity contribution in [2.75, 3.05) is 0 Å². The Balaban J connectivity index is 2.87. The number of aliphatic carboxylic acids is 1. The molecular formula is C7H4Br2O3. The van der Waals surface area contributed by atoms with Crippen molar-refractivity contribution in [3.8, 4) is 0 Å². The van der Waals surface area contributed by atoms with Crippen LogP contribution in [-0.4, -0.2) is 11.1 Å². The molecule has 1 N–H and O–H groups in total. The second-order valence-corrected chi connectivity index (χ2v) is 3.58. The highest BCUT2D eigenvalue weighted by atomic mass is 79.9. The van der Waals surface area contributed by atoms with Crippen LogP contribution in [-0.2, 0) is 4.79 Å². The Kier molecular flexibility index (Phi) is 3.11. The van der Waals surface area contributed by atoms with Crippen LogP contribution in [0, 0.1) is 0 Å². The molecule has 0 radical (unpaired) electrons. The SMILES string of the molecule is O=C(O)/C(Br)=C\c1ccc(Br)o1. The summed E-state index contributed by atoms with van der Waals surface area (Å²) in [5.74, 6) is -0.543. The first-order valence-electron chi connectivity index (χ1n) is 2.95. The molecule has 0 atom stereocenters. The van der Waals surface area contributed by atoms with E-state index in [-0.39, 0.29) is 4.48 Å². The molecule has 1 heterocycles. The summed E-state index contributed by atoms with van der Waals surface area (Å²) >= 11 is 5.97. The van der Waals surface area contributed by atoms with E-state index in [0.29, 0.717) is 10.4 Å². The monoisotopic (exact) mass is 294 g/mol. The molecule has 64 valence electrons. The average molecular weight is 296 g/mol. The van der Waals surface area contributed by atoms with E-state index in [1.807, 2.05) is 0 Å². The Hall–Kier alpha value is -0.550.